The number of allylic oxidation sites excluding steroid dienone is 12. The van der Waals surface area contributed by atoms with Crippen molar-refractivity contribution in [2.24, 2.45) is 0 Å². The molecule has 0 rings (SSSR count). The molecule has 2 atom stereocenters. The van der Waals surface area contributed by atoms with Crippen LogP contribution in [0.4, 0.5) is 0 Å². The molecule has 354 valence electrons. The molecule has 0 aromatic rings. The Morgan fingerprint density at radius 3 is 1.44 bits per heavy atom. The maximum Gasteiger partial charge on any atom is 0.306 e. The molecule has 0 aliphatic rings. The van der Waals surface area contributed by atoms with Gasteiger partial charge in [-0.3, -0.25) is 9.36 Å². The Hall–Kier alpha value is -2.06. The van der Waals surface area contributed by atoms with E-state index < -0.39 is 13.9 Å². The normalized spacial score (nSPS) is 14.3. The number of nitrogens with zero attached hydrogens (tertiary/aromatic N) is 1. The van der Waals surface area contributed by atoms with Crippen LogP contribution in [0.2, 0.25) is 0 Å². The minimum atomic E-state index is -4.54. The molecule has 0 amide bonds. The average Bonchev–Trinajstić information content (AvgIpc) is 3.22. The molecule has 0 N–H and O–H groups in total. The average molecular weight is 876 g/mol. The summed E-state index contributed by atoms with van der Waals surface area (Å²) in [5, 5.41) is 0. The third-order valence-corrected chi connectivity index (χ3v) is 11.2. The van der Waals surface area contributed by atoms with Crippen LogP contribution in [0.1, 0.15) is 194 Å². The first-order valence-corrected chi connectivity index (χ1v) is 26.1. The van der Waals surface area contributed by atoms with Crippen LogP contribution in [0.25, 0.3) is 0 Å². The van der Waals surface area contributed by atoms with Gasteiger partial charge in [-0.05, 0) is 83.5 Å². The lowest BCUT2D eigenvalue weighted by Crippen LogP contribution is -2.37. The van der Waals surface area contributed by atoms with E-state index in [9.17, 15) is 14.3 Å². The predicted octanol–water partition coefficient (Wildman–Crippen LogP) is 14.4. The van der Waals surface area contributed by atoms with E-state index in [-0.39, 0.29) is 25.8 Å². The van der Waals surface area contributed by atoms with Gasteiger partial charge in [0.15, 0.2) is 0 Å². The Morgan fingerprint density at radius 1 is 0.525 bits per heavy atom. The number of carbonyl (C=O) groups is 1. The lowest BCUT2D eigenvalue weighted by atomic mass is 10.1. The predicted molar refractivity (Wildman–Crippen MR) is 259 cm³/mol. The smallest absolute Gasteiger partial charge is 0.306 e. The summed E-state index contributed by atoms with van der Waals surface area (Å²) < 4.78 is 34.7. The van der Waals surface area contributed by atoms with Gasteiger partial charge in [-0.25, -0.2) is 0 Å². The number of quaternary nitrogens is 1. The van der Waals surface area contributed by atoms with Gasteiger partial charge in [-0.1, -0.05) is 177 Å². The van der Waals surface area contributed by atoms with E-state index >= 15 is 0 Å². The highest BCUT2D eigenvalue weighted by Gasteiger charge is 2.20. The molecular weight excluding hydrogens is 782 g/mol. The van der Waals surface area contributed by atoms with Crippen molar-refractivity contribution < 1.29 is 37.3 Å². The van der Waals surface area contributed by atoms with Gasteiger partial charge < -0.3 is 27.9 Å². The molecule has 0 aromatic carbocycles. The fraction of sp³-hybridized carbons (Fsp3) is 0.750. The second-order valence-corrected chi connectivity index (χ2v) is 18.8. The molecule has 61 heavy (non-hydrogen) atoms. The Labute approximate surface area is 376 Å². The summed E-state index contributed by atoms with van der Waals surface area (Å²) in [4.78, 5) is 25.1. The fourth-order valence-corrected chi connectivity index (χ4v) is 7.18. The van der Waals surface area contributed by atoms with Gasteiger partial charge in [0.2, 0.25) is 0 Å². The van der Waals surface area contributed by atoms with Crippen molar-refractivity contribution in [2.75, 3.05) is 54.1 Å². The highest BCUT2D eigenvalue weighted by atomic mass is 31.2. The maximum absolute atomic E-state index is 12.7. The van der Waals surface area contributed by atoms with Gasteiger partial charge in [-0.15, -0.1) is 0 Å². The number of rotatable bonds is 45. The molecular formula is C52H94NO7P. The molecule has 0 bridgehead atoms. The number of esters is 1. The highest BCUT2D eigenvalue weighted by molar-refractivity contribution is 7.45. The van der Waals surface area contributed by atoms with E-state index in [0.717, 1.165) is 83.5 Å². The van der Waals surface area contributed by atoms with E-state index in [1.807, 2.05) is 21.1 Å². The third kappa shape index (κ3) is 48.8. The molecule has 0 aliphatic heterocycles. The standard InChI is InChI=1S/C52H94NO7P/c1-6-8-10-12-14-16-18-20-22-23-24-25-26-27-28-29-30-32-34-36-38-40-42-44-47-57-49-51(50-59-61(55,56)58-48-46-53(3,4)5)60-52(54)45-43-41-39-37-35-33-31-21-19-17-15-13-11-9-7-2/h8,10,14,16,20-22,24-25,27-28,31,51H,6-7,9,11-13,15,17-19,23,26,29-30,32-50H2,1-5H3/b10-8-,16-14-,22-20-,25-24-,28-27-,31-21-. The summed E-state index contributed by atoms with van der Waals surface area (Å²) >= 11 is 0. The van der Waals surface area contributed by atoms with Gasteiger partial charge in [0, 0.05) is 13.0 Å². The third-order valence-electron chi connectivity index (χ3n) is 10.2. The first-order chi connectivity index (χ1) is 29.6. The van der Waals surface area contributed by atoms with Gasteiger partial charge in [-0.2, -0.15) is 0 Å². The number of phosphoric acid groups is 1. The van der Waals surface area contributed by atoms with Gasteiger partial charge in [0.25, 0.3) is 7.82 Å². The molecule has 0 saturated carbocycles. The van der Waals surface area contributed by atoms with Crippen LogP contribution in [-0.4, -0.2) is 70.7 Å². The summed E-state index contributed by atoms with van der Waals surface area (Å²) in [6.07, 6.45) is 57.8. The van der Waals surface area contributed by atoms with Crippen LogP contribution >= 0.6 is 7.82 Å². The lowest BCUT2D eigenvalue weighted by Gasteiger charge is -2.28. The molecule has 0 aliphatic carbocycles. The minimum Gasteiger partial charge on any atom is -0.756 e. The number of likely N-dealkylation sites (N-methyl/N-ethyl adjacent to an activating group) is 1. The van der Waals surface area contributed by atoms with Crippen molar-refractivity contribution in [1.29, 1.82) is 0 Å². The summed E-state index contributed by atoms with van der Waals surface area (Å²) in [5.41, 5.74) is 0. The van der Waals surface area contributed by atoms with Crippen molar-refractivity contribution in [1.82, 2.24) is 0 Å². The highest BCUT2D eigenvalue weighted by Crippen LogP contribution is 2.38. The fourth-order valence-electron chi connectivity index (χ4n) is 6.45. The largest absolute Gasteiger partial charge is 0.756 e. The summed E-state index contributed by atoms with van der Waals surface area (Å²) in [6, 6.07) is 0. The molecule has 0 spiro atoms. The van der Waals surface area contributed by atoms with Gasteiger partial charge >= 0.3 is 5.97 Å². The molecule has 0 aromatic heterocycles. The van der Waals surface area contributed by atoms with Crippen molar-refractivity contribution in [3.8, 4) is 0 Å². The molecule has 0 fully saturated rings. The lowest BCUT2D eigenvalue weighted by molar-refractivity contribution is -0.870. The quantitative estimate of drug-likeness (QED) is 0.0198. The van der Waals surface area contributed by atoms with Crippen LogP contribution in [0.5, 0.6) is 0 Å². The Kier molecular flexibility index (Phi) is 43.0. The zero-order valence-corrected chi connectivity index (χ0v) is 41.0. The molecule has 0 heterocycles. The molecule has 9 heteroatoms. The second kappa shape index (κ2) is 44.5. The molecule has 0 radical (unpaired) electrons. The van der Waals surface area contributed by atoms with Crippen molar-refractivity contribution in [3.63, 3.8) is 0 Å². The Balaban J connectivity index is 4.18. The first-order valence-electron chi connectivity index (χ1n) is 24.7. The van der Waals surface area contributed by atoms with Gasteiger partial charge in [0.1, 0.15) is 19.3 Å². The SMILES string of the molecule is CC/C=C\C/C=C\C/C=C\C/C=C\C/C=C\CCCCCCCCCCOCC(COP(=O)([O-])OCC[N+](C)(C)C)OC(=O)CCCCCCC/C=C\CCCCCCCC. The number of hydrogen-bond donors (Lipinski definition) is 0. The first kappa shape index (κ1) is 58.9. The molecule has 0 saturated heterocycles. The number of carbonyl (C=O) groups excluding carboxylic acids is 1. The van der Waals surface area contributed by atoms with Gasteiger partial charge in [0.05, 0.1) is 34.4 Å². The van der Waals surface area contributed by atoms with Crippen LogP contribution in [0.15, 0.2) is 72.9 Å². The zero-order chi connectivity index (χ0) is 44.8. The van der Waals surface area contributed by atoms with Crippen LogP contribution < -0.4 is 4.89 Å². The Morgan fingerprint density at radius 2 is 0.951 bits per heavy atom. The maximum atomic E-state index is 12.7. The molecule has 2 unspecified atom stereocenters. The van der Waals surface area contributed by atoms with E-state index in [1.54, 1.807) is 0 Å². The van der Waals surface area contributed by atoms with Crippen LogP contribution in [0.3, 0.4) is 0 Å². The minimum absolute atomic E-state index is 0.0197. The molecule has 8 nitrogen and oxygen atoms in total. The number of ether oxygens (including phenoxy) is 2. The van der Waals surface area contributed by atoms with E-state index in [1.165, 1.54) is 89.9 Å². The summed E-state index contributed by atoms with van der Waals surface area (Å²) in [7, 11) is 1.34. The summed E-state index contributed by atoms with van der Waals surface area (Å²) in [6.45, 7) is 5.26. The zero-order valence-electron chi connectivity index (χ0n) is 40.1. The van der Waals surface area contributed by atoms with Crippen molar-refractivity contribution >= 4 is 13.8 Å². The van der Waals surface area contributed by atoms with E-state index in [0.29, 0.717) is 24.1 Å². The number of unbranched alkanes of at least 4 members (excludes halogenated alkanes) is 19. The second-order valence-electron chi connectivity index (χ2n) is 17.4. The summed E-state index contributed by atoms with van der Waals surface area (Å²) in [5.74, 6) is -0.348. The van der Waals surface area contributed by atoms with Crippen molar-refractivity contribution in [3.05, 3.63) is 72.9 Å². The van der Waals surface area contributed by atoms with E-state index in [4.69, 9.17) is 18.5 Å². The number of phosphoric ester groups is 1. The van der Waals surface area contributed by atoms with Crippen LogP contribution in [0, 0.1) is 0 Å². The number of hydrogen-bond acceptors (Lipinski definition) is 7. The van der Waals surface area contributed by atoms with Crippen molar-refractivity contribution in [2.45, 2.75) is 200 Å². The monoisotopic (exact) mass is 876 g/mol. The van der Waals surface area contributed by atoms with Crippen LogP contribution in [-0.2, 0) is 27.9 Å². The Bertz CT molecular complexity index is 1200. The van der Waals surface area contributed by atoms with E-state index in [2.05, 4.69) is 86.8 Å². The topological polar surface area (TPSA) is 94.1 Å².